The van der Waals surface area contributed by atoms with E-state index in [9.17, 15) is 14.2 Å². The van der Waals surface area contributed by atoms with Crippen molar-refractivity contribution in [2.45, 2.75) is 64.5 Å². The first kappa shape index (κ1) is 26.7. The van der Waals surface area contributed by atoms with Crippen LogP contribution < -0.4 is 0 Å². The third-order valence-electron chi connectivity index (χ3n) is 5.29. The van der Waals surface area contributed by atoms with Gasteiger partial charge in [-0.25, -0.2) is 0 Å². The summed E-state index contributed by atoms with van der Waals surface area (Å²) < 4.78 is 33.7. The molecule has 0 bridgehead atoms. The summed E-state index contributed by atoms with van der Waals surface area (Å²) in [4.78, 5) is 25.0. The van der Waals surface area contributed by atoms with Crippen LogP contribution in [-0.2, 0) is 39.0 Å². The molecule has 0 amide bonds. The van der Waals surface area contributed by atoms with Gasteiger partial charge in [-0.05, 0) is 23.7 Å². The zero-order valence-electron chi connectivity index (χ0n) is 19.1. The Morgan fingerprint density at radius 3 is 2.10 bits per heavy atom. The molecule has 0 spiro atoms. The van der Waals surface area contributed by atoms with Gasteiger partial charge in [-0.15, -0.1) is 0 Å². The molecule has 0 fully saturated rings. The summed E-state index contributed by atoms with van der Waals surface area (Å²) in [7, 11) is -3.25. The number of esters is 1. The first-order valence-electron chi connectivity index (χ1n) is 9.91. The van der Waals surface area contributed by atoms with Crippen molar-refractivity contribution in [3.8, 4) is 0 Å². The zero-order valence-corrected chi connectivity index (χ0v) is 21.0. The Kier molecular flexibility index (Phi) is 10.1. The molecule has 0 N–H and O–H groups in total. The number of ketones is 1. The molecule has 0 aliphatic rings. The minimum Gasteiger partial charge on any atom is -0.461 e. The molecule has 0 aliphatic carbocycles. The summed E-state index contributed by atoms with van der Waals surface area (Å²) in [6, 6.07) is 9.36. The van der Waals surface area contributed by atoms with Crippen molar-refractivity contribution in [3.05, 3.63) is 35.9 Å². The fraction of sp³-hybridized carbons (Fsp3) is 0.619. The molecule has 0 unspecified atom stereocenters. The number of hydrogen-bond acceptors (Lipinski definition) is 7. The summed E-state index contributed by atoms with van der Waals surface area (Å²) in [5.74, 6) is -0.793. The third kappa shape index (κ3) is 8.82. The highest BCUT2D eigenvalue weighted by Crippen LogP contribution is 2.46. The molecule has 9 heteroatoms. The lowest BCUT2D eigenvalue weighted by Crippen LogP contribution is -2.45. The summed E-state index contributed by atoms with van der Waals surface area (Å²) in [6.45, 7) is 10.5. The van der Waals surface area contributed by atoms with Crippen molar-refractivity contribution >= 4 is 27.7 Å². The molecule has 1 aromatic rings. The summed E-state index contributed by atoms with van der Waals surface area (Å²) in [5, 5.41) is -0.101. The number of rotatable bonds is 12. The van der Waals surface area contributed by atoms with Crippen LogP contribution in [0.25, 0.3) is 0 Å². The molecule has 1 rings (SSSR count). The zero-order chi connectivity index (χ0) is 23.0. The minimum absolute atomic E-state index is 0.0602. The number of benzene rings is 1. The lowest BCUT2D eigenvalue weighted by molar-refractivity contribution is -0.147. The summed E-state index contributed by atoms with van der Waals surface area (Å²) in [6.07, 6.45) is -1.15. The molecule has 1 aromatic carbocycles. The maximum absolute atomic E-state index is 12.5. The number of hydrogen-bond donors (Lipinski definition) is 0. The molecule has 0 heterocycles. The van der Waals surface area contributed by atoms with Crippen LogP contribution in [0.5, 0.6) is 0 Å². The topological polar surface area (TPSA) is 88.1 Å². The van der Waals surface area contributed by atoms with Crippen molar-refractivity contribution in [2.75, 3.05) is 20.4 Å². The predicted octanol–water partition coefficient (Wildman–Crippen LogP) is 4.96. The van der Waals surface area contributed by atoms with Gasteiger partial charge in [0, 0.05) is 20.6 Å². The number of ether oxygens (including phenoxy) is 1. The standard InChI is InChI=1S/C21H35O7PSi/c1-21(2,3)30(6,7)28-19(13-18(22)16-29(24,25-4)26-5)14-20(23)27-15-17-11-9-8-10-12-17/h8-12,19H,13-16H2,1-7H3/t19-/m1/s1. The Labute approximate surface area is 181 Å². The second-order valence-electron chi connectivity index (χ2n) is 8.73. The van der Waals surface area contributed by atoms with E-state index in [0.717, 1.165) is 5.56 Å². The first-order chi connectivity index (χ1) is 13.8. The third-order valence-corrected chi connectivity index (χ3v) is 11.7. The molecule has 7 nitrogen and oxygen atoms in total. The fourth-order valence-electron chi connectivity index (χ4n) is 2.47. The van der Waals surface area contributed by atoms with Crippen LogP contribution in [0.1, 0.15) is 39.2 Å². The summed E-state index contributed by atoms with van der Waals surface area (Å²) >= 11 is 0. The maximum atomic E-state index is 12.5. The van der Waals surface area contributed by atoms with E-state index in [1.165, 1.54) is 14.2 Å². The second-order valence-corrected chi connectivity index (χ2v) is 15.8. The van der Waals surface area contributed by atoms with Crippen LogP contribution in [0, 0.1) is 0 Å². The summed E-state index contributed by atoms with van der Waals surface area (Å²) in [5.41, 5.74) is 0.880. The quantitative estimate of drug-likeness (QED) is 0.249. The molecule has 30 heavy (non-hydrogen) atoms. The van der Waals surface area contributed by atoms with Gasteiger partial charge >= 0.3 is 13.6 Å². The van der Waals surface area contributed by atoms with Crippen molar-refractivity contribution in [1.29, 1.82) is 0 Å². The van der Waals surface area contributed by atoms with Gasteiger partial charge in [0.25, 0.3) is 0 Å². The average Bonchev–Trinajstić information content (AvgIpc) is 2.65. The van der Waals surface area contributed by atoms with Gasteiger partial charge in [0.15, 0.2) is 8.32 Å². The van der Waals surface area contributed by atoms with Crippen molar-refractivity contribution in [1.82, 2.24) is 0 Å². The van der Waals surface area contributed by atoms with Crippen LogP contribution in [0.15, 0.2) is 30.3 Å². The van der Waals surface area contributed by atoms with E-state index < -0.39 is 28.0 Å². The van der Waals surface area contributed by atoms with Crippen LogP contribution in [0.2, 0.25) is 18.1 Å². The highest BCUT2D eigenvalue weighted by atomic mass is 31.2. The molecule has 0 radical (unpaired) electrons. The average molecular weight is 459 g/mol. The Morgan fingerprint density at radius 2 is 1.60 bits per heavy atom. The Hall–Kier alpha value is -1.31. The number of carbonyl (C=O) groups excluding carboxylic acids is 2. The van der Waals surface area contributed by atoms with Gasteiger partial charge in [0.2, 0.25) is 0 Å². The van der Waals surface area contributed by atoms with Gasteiger partial charge in [-0.1, -0.05) is 51.1 Å². The van der Waals surface area contributed by atoms with E-state index in [-0.39, 0.29) is 36.4 Å². The molecule has 1 atom stereocenters. The monoisotopic (exact) mass is 458 g/mol. The highest BCUT2D eigenvalue weighted by molar-refractivity contribution is 7.54. The van der Waals surface area contributed by atoms with E-state index in [1.807, 2.05) is 30.3 Å². The minimum atomic E-state index is -3.47. The van der Waals surface area contributed by atoms with E-state index >= 15 is 0 Å². The normalized spacial score (nSPS) is 13.7. The van der Waals surface area contributed by atoms with Crippen molar-refractivity contribution in [3.63, 3.8) is 0 Å². The lowest BCUT2D eigenvalue weighted by Gasteiger charge is -2.39. The Bertz CT molecular complexity index is 735. The van der Waals surface area contributed by atoms with Gasteiger partial charge in [0.05, 0.1) is 12.5 Å². The van der Waals surface area contributed by atoms with Gasteiger partial charge in [-0.3, -0.25) is 14.2 Å². The van der Waals surface area contributed by atoms with Crippen LogP contribution in [0.4, 0.5) is 0 Å². The molecule has 170 valence electrons. The maximum Gasteiger partial charge on any atom is 0.337 e. The molecule has 0 aliphatic heterocycles. The van der Waals surface area contributed by atoms with E-state index in [4.69, 9.17) is 18.2 Å². The second kappa shape index (κ2) is 11.3. The highest BCUT2D eigenvalue weighted by Gasteiger charge is 2.40. The Morgan fingerprint density at radius 1 is 1.03 bits per heavy atom. The van der Waals surface area contributed by atoms with Crippen LogP contribution >= 0.6 is 7.60 Å². The lowest BCUT2D eigenvalue weighted by atomic mass is 10.1. The van der Waals surface area contributed by atoms with E-state index in [1.54, 1.807) is 0 Å². The molecule has 0 saturated heterocycles. The van der Waals surface area contributed by atoms with Gasteiger partial charge < -0.3 is 18.2 Å². The van der Waals surface area contributed by atoms with Crippen LogP contribution in [0.3, 0.4) is 0 Å². The van der Waals surface area contributed by atoms with Crippen molar-refractivity contribution in [2.24, 2.45) is 0 Å². The molecule has 0 saturated carbocycles. The number of carbonyl (C=O) groups is 2. The van der Waals surface area contributed by atoms with Gasteiger partial charge in [-0.2, -0.15) is 0 Å². The SMILES string of the molecule is COP(=O)(CC(=O)C[C@H](CC(=O)OCc1ccccc1)O[Si](C)(C)C(C)(C)C)OC. The first-order valence-corrected chi connectivity index (χ1v) is 14.5. The number of Topliss-reactive ketones (excluding diaryl/α,β-unsaturated/α-hetero) is 1. The fourth-order valence-corrected chi connectivity index (χ4v) is 4.79. The van der Waals surface area contributed by atoms with Crippen molar-refractivity contribution < 1.29 is 32.4 Å². The smallest absolute Gasteiger partial charge is 0.337 e. The largest absolute Gasteiger partial charge is 0.461 e. The van der Waals surface area contributed by atoms with Gasteiger partial charge in [0.1, 0.15) is 18.6 Å². The molecule has 0 aromatic heterocycles. The van der Waals surface area contributed by atoms with Crippen LogP contribution in [-0.4, -0.2) is 46.6 Å². The predicted molar refractivity (Wildman–Crippen MR) is 119 cm³/mol. The Balaban J connectivity index is 2.85. The van der Waals surface area contributed by atoms with E-state index in [0.29, 0.717) is 0 Å². The molecular formula is C21H35O7PSi. The molecular weight excluding hydrogens is 423 g/mol. The van der Waals surface area contributed by atoms with E-state index in [2.05, 4.69) is 33.9 Å².